The number of hydrogen-bond acceptors (Lipinski definition) is 2. The van der Waals surface area contributed by atoms with Crippen molar-refractivity contribution in [2.75, 3.05) is 0 Å². The highest BCUT2D eigenvalue weighted by atomic mass is 16.4. The zero-order valence-corrected chi connectivity index (χ0v) is 10.3. The molecule has 0 radical (unpaired) electrons. The van der Waals surface area contributed by atoms with Gasteiger partial charge in [0.1, 0.15) is 0 Å². The van der Waals surface area contributed by atoms with Crippen LogP contribution < -0.4 is 5.11 Å². The number of carbonyl (C=O) groups excluding carboxylic acids is 1. The summed E-state index contributed by atoms with van der Waals surface area (Å²) in [7, 11) is 0. The second-order valence-electron chi connectivity index (χ2n) is 4.04. The second-order valence-corrected chi connectivity index (χ2v) is 4.04. The van der Waals surface area contributed by atoms with Gasteiger partial charge in [0.15, 0.2) is 0 Å². The zero-order chi connectivity index (χ0) is 12.2. The average molecular weight is 223 g/mol. The Morgan fingerprint density at radius 3 is 2.38 bits per heavy atom. The molecule has 0 aromatic rings. The number of carboxylic acids is 1. The van der Waals surface area contributed by atoms with Crippen LogP contribution in [0.2, 0.25) is 0 Å². The third-order valence-corrected chi connectivity index (χ3v) is 2.64. The van der Waals surface area contributed by atoms with Crippen molar-refractivity contribution in [2.45, 2.75) is 51.9 Å². The lowest BCUT2D eigenvalue weighted by Gasteiger charge is -2.10. The van der Waals surface area contributed by atoms with E-state index in [4.69, 9.17) is 0 Å². The maximum absolute atomic E-state index is 10.6. The Labute approximate surface area is 99.1 Å². The predicted molar refractivity (Wildman–Crippen MR) is 65.8 cm³/mol. The molecular weight excluding hydrogens is 200 g/mol. The fraction of sp³-hybridized carbons (Fsp3) is 0.643. The van der Waals surface area contributed by atoms with E-state index in [-0.39, 0.29) is 0 Å². The number of rotatable bonds is 10. The quantitative estimate of drug-likeness (QED) is 0.422. The molecule has 0 rings (SSSR count). The minimum atomic E-state index is -0.968. The molecule has 0 aliphatic carbocycles. The topological polar surface area (TPSA) is 40.1 Å². The molecule has 1 atom stereocenters. The summed E-state index contributed by atoms with van der Waals surface area (Å²) in [5.41, 5.74) is 0. The van der Waals surface area contributed by atoms with E-state index >= 15 is 0 Å². The first-order valence-electron chi connectivity index (χ1n) is 6.20. The minimum absolute atomic E-state index is 0.416. The number of unbranched alkanes of at least 4 members (excludes halogenated alkanes) is 5. The first-order valence-corrected chi connectivity index (χ1v) is 6.20. The van der Waals surface area contributed by atoms with Crippen molar-refractivity contribution in [2.24, 2.45) is 5.92 Å². The monoisotopic (exact) mass is 223 g/mol. The maximum atomic E-state index is 10.6. The lowest BCUT2D eigenvalue weighted by atomic mass is 10.0. The Bertz CT molecular complexity index is 219. The van der Waals surface area contributed by atoms with E-state index in [9.17, 15) is 9.90 Å². The van der Waals surface area contributed by atoms with Crippen molar-refractivity contribution in [3.8, 4) is 0 Å². The van der Waals surface area contributed by atoms with Gasteiger partial charge in [-0.25, -0.2) is 0 Å². The maximum Gasteiger partial charge on any atom is 0.0482 e. The van der Waals surface area contributed by atoms with Crippen molar-refractivity contribution in [3.05, 3.63) is 24.8 Å². The van der Waals surface area contributed by atoms with Crippen LogP contribution in [0.15, 0.2) is 24.8 Å². The van der Waals surface area contributed by atoms with Crippen LogP contribution >= 0.6 is 0 Å². The summed E-state index contributed by atoms with van der Waals surface area (Å²) in [5.74, 6) is -1.38. The van der Waals surface area contributed by atoms with Gasteiger partial charge in [-0.3, -0.25) is 0 Å². The molecule has 0 spiro atoms. The largest absolute Gasteiger partial charge is 0.550 e. The lowest BCUT2D eigenvalue weighted by Crippen LogP contribution is -2.29. The number of carbonyl (C=O) groups is 1. The first-order chi connectivity index (χ1) is 7.72. The summed E-state index contributed by atoms with van der Waals surface area (Å²) < 4.78 is 0. The summed E-state index contributed by atoms with van der Waals surface area (Å²) in [6, 6.07) is 0. The van der Waals surface area contributed by atoms with Crippen molar-refractivity contribution in [1.82, 2.24) is 0 Å². The highest BCUT2D eigenvalue weighted by molar-refractivity contribution is 5.69. The standard InChI is InChI=1S/C14H24O2/c1-3-5-6-7-8-9-10-11-12-13(4-2)14(15)16/h3,11-13H,1,4-10H2,2H3,(H,15,16)/p-1/b12-11+. The van der Waals surface area contributed by atoms with Crippen LogP contribution in [0, 0.1) is 5.92 Å². The smallest absolute Gasteiger partial charge is 0.0482 e. The molecule has 0 aliphatic heterocycles. The summed E-state index contributed by atoms with van der Waals surface area (Å²) in [5, 5.41) is 10.6. The molecule has 16 heavy (non-hydrogen) atoms. The fourth-order valence-electron chi connectivity index (χ4n) is 1.55. The van der Waals surface area contributed by atoms with Crippen molar-refractivity contribution < 1.29 is 9.90 Å². The molecule has 1 unspecified atom stereocenters. The molecule has 2 nitrogen and oxygen atoms in total. The molecule has 0 saturated heterocycles. The van der Waals surface area contributed by atoms with Crippen molar-refractivity contribution in [3.63, 3.8) is 0 Å². The van der Waals surface area contributed by atoms with E-state index in [1.54, 1.807) is 6.08 Å². The van der Waals surface area contributed by atoms with Gasteiger partial charge < -0.3 is 9.90 Å². The summed E-state index contributed by atoms with van der Waals surface area (Å²) >= 11 is 0. The van der Waals surface area contributed by atoms with Gasteiger partial charge in [0.05, 0.1) is 0 Å². The molecule has 0 aliphatic rings. The minimum Gasteiger partial charge on any atom is -0.550 e. The van der Waals surface area contributed by atoms with Crippen LogP contribution in [-0.4, -0.2) is 5.97 Å². The molecule has 0 amide bonds. The van der Waals surface area contributed by atoms with Crippen LogP contribution in [-0.2, 0) is 4.79 Å². The Kier molecular flexibility index (Phi) is 9.78. The Balaban J connectivity index is 3.45. The first kappa shape index (κ1) is 14.9. The van der Waals surface area contributed by atoms with E-state index in [0.717, 1.165) is 19.3 Å². The zero-order valence-electron chi connectivity index (χ0n) is 10.3. The van der Waals surface area contributed by atoms with Crippen molar-refractivity contribution >= 4 is 5.97 Å². The number of hydrogen-bond donors (Lipinski definition) is 0. The van der Waals surface area contributed by atoms with Gasteiger partial charge in [0, 0.05) is 11.9 Å². The van der Waals surface area contributed by atoms with Gasteiger partial charge in [0.2, 0.25) is 0 Å². The number of allylic oxidation sites excluding steroid dienone is 2. The predicted octanol–water partition coefficient (Wildman–Crippen LogP) is 2.85. The van der Waals surface area contributed by atoms with Gasteiger partial charge in [-0.15, -0.1) is 6.58 Å². The molecule has 0 bridgehead atoms. The lowest BCUT2D eigenvalue weighted by molar-refractivity contribution is -0.309. The summed E-state index contributed by atoms with van der Waals surface area (Å²) in [6.45, 7) is 5.54. The van der Waals surface area contributed by atoms with E-state index < -0.39 is 11.9 Å². The van der Waals surface area contributed by atoms with E-state index in [2.05, 4.69) is 6.58 Å². The summed E-state index contributed by atoms with van der Waals surface area (Å²) in [6.07, 6.45) is 13.1. The van der Waals surface area contributed by atoms with Crippen molar-refractivity contribution in [1.29, 1.82) is 0 Å². The Hall–Kier alpha value is -1.05. The van der Waals surface area contributed by atoms with E-state index in [1.165, 1.54) is 19.3 Å². The molecule has 0 aromatic carbocycles. The number of aliphatic carboxylic acids is 1. The molecule has 0 heterocycles. The van der Waals surface area contributed by atoms with Crippen LogP contribution in [0.1, 0.15) is 51.9 Å². The van der Waals surface area contributed by atoms with Gasteiger partial charge in [-0.1, -0.05) is 38.0 Å². The molecule has 0 aromatic heterocycles. The highest BCUT2D eigenvalue weighted by Crippen LogP contribution is 2.08. The number of carboxylic acid groups (broad SMARTS) is 1. The molecule has 0 saturated carbocycles. The average Bonchev–Trinajstić information content (AvgIpc) is 2.26. The van der Waals surface area contributed by atoms with Crippen LogP contribution in [0.5, 0.6) is 0 Å². The highest BCUT2D eigenvalue weighted by Gasteiger charge is 2.00. The molecular formula is C14H23O2-. The van der Waals surface area contributed by atoms with Crippen LogP contribution in [0.25, 0.3) is 0 Å². The molecule has 0 fully saturated rings. The Morgan fingerprint density at radius 2 is 1.88 bits per heavy atom. The third-order valence-electron chi connectivity index (χ3n) is 2.64. The van der Waals surface area contributed by atoms with Gasteiger partial charge in [0.25, 0.3) is 0 Å². The van der Waals surface area contributed by atoms with Crippen LogP contribution in [0.4, 0.5) is 0 Å². The fourth-order valence-corrected chi connectivity index (χ4v) is 1.55. The molecule has 0 N–H and O–H groups in total. The van der Waals surface area contributed by atoms with Gasteiger partial charge in [-0.05, 0) is 32.1 Å². The van der Waals surface area contributed by atoms with E-state index in [1.807, 2.05) is 19.1 Å². The normalized spacial score (nSPS) is 12.8. The Morgan fingerprint density at radius 1 is 1.25 bits per heavy atom. The third kappa shape index (κ3) is 8.27. The second kappa shape index (κ2) is 10.5. The van der Waals surface area contributed by atoms with Gasteiger partial charge in [-0.2, -0.15) is 0 Å². The van der Waals surface area contributed by atoms with Gasteiger partial charge >= 0.3 is 0 Å². The molecule has 92 valence electrons. The van der Waals surface area contributed by atoms with E-state index in [0.29, 0.717) is 6.42 Å². The SMILES string of the molecule is C=CCCCCCC/C=C/C(CC)C(=O)[O-]. The summed E-state index contributed by atoms with van der Waals surface area (Å²) in [4.78, 5) is 10.6. The molecule has 2 heteroatoms. The van der Waals surface area contributed by atoms with Crippen LogP contribution in [0.3, 0.4) is 0 Å².